The lowest BCUT2D eigenvalue weighted by Crippen LogP contribution is -2.44. The first kappa shape index (κ1) is 22.0. The van der Waals surface area contributed by atoms with Crippen LogP contribution >= 0.6 is 0 Å². The number of hydrogen-bond donors (Lipinski definition) is 0. The molecule has 1 saturated carbocycles. The van der Waals surface area contributed by atoms with Crippen molar-refractivity contribution in [2.75, 3.05) is 38.7 Å². The third-order valence-electron chi connectivity index (χ3n) is 7.22. The lowest BCUT2D eigenvalue weighted by molar-refractivity contribution is -0.141. The Balaban J connectivity index is 1.38. The molecule has 2 aliphatic heterocycles. The number of esters is 1. The molecule has 2 amide bonds. The molecule has 1 aromatic heterocycles. The number of ether oxygens (including phenoxy) is 1. The first-order valence-electron chi connectivity index (χ1n) is 11.7. The molecule has 3 aliphatic rings. The van der Waals surface area contributed by atoms with Crippen molar-refractivity contribution in [2.24, 2.45) is 5.92 Å². The summed E-state index contributed by atoms with van der Waals surface area (Å²) in [6, 6.07) is 0.491. The zero-order valence-corrected chi connectivity index (χ0v) is 19.0. The van der Waals surface area contributed by atoms with Crippen LogP contribution in [0.1, 0.15) is 56.8 Å². The molecule has 3 heterocycles. The number of anilines is 1. The molecule has 1 aromatic rings. The number of fused-ring (bicyclic) bond motifs is 1. The number of hydrogen-bond acceptors (Lipinski definition) is 6. The first-order valence-corrected chi connectivity index (χ1v) is 11.7. The maximum atomic E-state index is 13.4. The van der Waals surface area contributed by atoms with Crippen LogP contribution in [0, 0.1) is 5.92 Å². The monoisotopic (exact) mass is 429 g/mol. The van der Waals surface area contributed by atoms with Gasteiger partial charge in [-0.3, -0.25) is 14.7 Å². The molecule has 0 spiro atoms. The number of aromatic nitrogens is 2. The summed E-state index contributed by atoms with van der Waals surface area (Å²) in [4.78, 5) is 40.5. The van der Waals surface area contributed by atoms with Crippen molar-refractivity contribution in [3.05, 3.63) is 17.6 Å². The Labute approximate surface area is 185 Å². The molecule has 2 fully saturated rings. The molecule has 0 bridgehead atoms. The quantitative estimate of drug-likeness (QED) is 0.670. The molecule has 0 N–H and O–H groups in total. The normalized spacial score (nSPS) is 27.2. The molecule has 1 unspecified atom stereocenters. The topological polar surface area (TPSA) is 78.9 Å². The average molecular weight is 430 g/mol. The van der Waals surface area contributed by atoms with Gasteiger partial charge in [0.2, 0.25) is 0 Å². The predicted octanol–water partition coefficient (Wildman–Crippen LogP) is 2.65. The number of likely N-dealkylation sites (N-methyl/N-ethyl adjacent to an activating group) is 1. The van der Waals surface area contributed by atoms with Crippen LogP contribution in [0.15, 0.2) is 6.20 Å². The number of rotatable bonds is 5. The Kier molecular flexibility index (Phi) is 6.74. The second kappa shape index (κ2) is 9.51. The molecule has 0 aromatic carbocycles. The highest BCUT2D eigenvalue weighted by molar-refractivity contribution is 5.93. The Hall–Kier alpha value is -2.22. The fourth-order valence-corrected chi connectivity index (χ4v) is 5.29. The summed E-state index contributed by atoms with van der Waals surface area (Å²) < 4.78 is 4.76. The molecule has 170 valence electrons. The molecule has 8 heteroatoms. The van der Waals surface area contributed by atoms with E-state index >= 15 is 0 Å². The highest BCUT2D eigenvalue weighted by Crippen LogP contribution is 2.34. The summed E-state index contributed by atoms with van der Waals surface area (Å²) >= 11 is 0. The van der Waals surface area contributed by atoms with E-state index in [1.54, 1.807) is 6.20 Å². The van der Waals surface area contributed by atoms with Gasteiger partial charge in [-0.2, -0.15) is 0 Å². The largest absolute Gasteiger partial charge is 0.469 e. The predicted molar refractivity (Wildman–Crippen MR) is 118 cm³/mol. The van der Waals surface area contributed by atoms with E-state index in [0.717, 1.165) is 69.4 Å². The van der Waals surface area contributed by atoms with Gasteiger partial charge in [-0.05, 0) is 52.0 Å². The van der Waals surface area contributed by atoms with Crippen molar-refractivity contribution in [2.45, 2.75) is 70.4 Å². The van der Waals surface area contributed by atoms with Crippen LogP contribution in [0.4, 0.5) is 10.6 Å². The zero-order valence-electron chi connectivity index (χ0n) is 19.0. The number of amides is 2. The minimum atomic E-state index is -0.130. The highest BCUT2D eigenvalue weighted by Gasteiger charge is 2.41. The standard InChI is InChI=1S/C23H35N5O3/c1-16-15-27(21-14-24-19-10-12-26(2)13-11-20(19)25-21)23(30)28(16)18-7-4-17(5-8-18)6-9-22(29)31-3/h14,16-18H,4-13,15H2,1-3H3. The molecule has 8 nitrogen and oxygen atoms in total. The van der Waals surface area contributed by atoms with Gasteiger partial charge in [0.15, 0.2) is 5.82 Å². The van der Waals surface area contributed by atoms with Crippen LogP contribution in [0.3, 0.4) is 0 Å². The maximum absolute atomic E-state index is 13.4. The summed E-state index contributed by atoms with van der Waals surface area (Å²) in [6.07, 6.45) is 9.06. The van der Waals surface area contributed by atoms with Gasteiger partial charge in [-0.25, -0.2) is 9.78 Å². The molecule has 0 radical (unpaired) electrons. The number of carbonyl (C=O) groups is 2. The Morgan fingerprint density at radius 3 is 2.58 bits per heavy atom. The fraction of sp³-hybridized carbons (Fsp3) is 0.739. The number of urea groups is 1. The first-order chi connectivity index (χ1) is 15.0. The minimum absolute atomic E-state index is 0.0606. The Morgan fingerprint density at radius 1 is 1.16 bits per heavy atom. The van der Waals surface area contributed by atoms with E-state index in [1.165, 1.54) is 7.11 Å². The molecular weight excluding hydrogens is 394 g/mol. The Morgan fingerprint density at radius 2 is 1.87 bits per heavy atom. The molecule has 4 rings (SSSR count). The number of nitrogens with zero attached hydrogens (tertiary/aromatic N) is 5. The van der Waals surface area contributed by atoms with Gasteiger partial charge in [0, 0.05) is 51.0 Å². The van der Waals surface area contributed by atoms with E-state index in [1.807, 2.05) is 4.90 Å². The van der Waals surface area contributed by atoms with Gasteiger partial charge < -0.3 is 14.5 Å². The summed E-state index contributed by atoms with van der Waals surface area (Å²) in [7, 11) is 3.57. The van der Waals surface area contributed by atoms with Gasteiger partial charge in [-0.1, -0.05) is 0 Å². The van der Waals surface area contributed by atoms with Crippen molar-refractivity contribution < 1.29 is 14.3 Å². The molecule has 1 saturated heterocycles. The van der Waals surface area contributed by atoms with Crippen molar-refractivity contribution in [3.63, 3.8) is 0 Å². The van der Waals surface area contributed by atoms with Crippen molar-refractivity contribution in [3.8, 4) is 0 Å². The summed E-state index contributed by atoms with van der Waals surface area (Å²) in [5.74, 6) is 1.11. The summed E-state index contributed by atoms with van der Waals surface area (Å²) in [5.41, 5.74) is 2.10. The van der Waals surface area contributed by atoms with E-state index in [-0.39, 0.29) is 24.1 Å². The second-order valence-corrected chi connectivity index (χ2v) is 9.36. The highest BCUT2D eigenvalue weighted by atomic mass is 16.5. The van der Waals surface area contributed by atoms with E-state index in [0.29, 0.717) is 24.7 Å². The van der Waals surface area contributed by atoms with Crippen LogP contribution in [0.25, 0.3) is 0 Å². The van der Waals surface area contributed by atoms with Crippen LogP contribution in [-0.2, 0) is 22.4 Å². The lowest BCUT2D eigenvalue weighted by Gasteiger charge is -2.36. The van der Waals surface area contributed by atoms with Gasteiger partial charge in [0.05, 0.1) is 24.7 Å². The van der Waals surface area contributed by atoms with E-state index in [9.17, 15) is 9.59 Å². The van der Waals surface area contributed by atoms with Crippen LogP contribution in [-0.4, -0.2) is 77.6 Å². The van der Waals surface area contributed by atoms with Crippen LogP contribution < -0.4 is 4.90 Å². The third-order valence-corrected chi connectivity index (χ3v) is 7.22. The van der Waals surface area contributed by atoms with Crippen molar-refractivity contribution >= 4 is 17.8 Å². The molecular formula is C23H35N5O3. The molecule has 1 aliphatic carbocycles. The zero-order chi connectivity index (χ0) is 22.0. The third kappa shape index (κ3) is 4.84. The van der Waals surface area contributed by atoms with Crippen molar-refractivity contribution in [1.29, 1.82) is 0 Å². The van der Waals surface area contributed by atoms with Gasteiger partial charge in [0.1, 0.15) is 0 Å². The minimum Gasteiger partial charge on any atom is -0.469 e. The molecule has 1 atom stereocenters. The number of methoxy groups -OCH3 is 1. The maximum Gasteiger partial charge on any atom is 0.326 e. The van der Waals surface area contributed by atoms with Crippen LogP contribution in [0.5, 0.6) is 0 Å². The van der Waals surface area contributed by atoms with Gasteiger partial charge >= 0.3 is 12.0 Å². The van der Waals surface area contributed by atoms with Crippen LogP contribution in [0.2, 0.25) is 0 Å². The van der Waals surface area contributed by atoms with E-state index in [4.69, 9.17) is 9.72 Å². The Bertz CT molecular complexity index is 808. The lowest BCUT2D eigenvalue weighted by atomic mass is 9.82. The van der Waals surface area contributed by atoms with Gasteiger partial charge in [0.25, 0.3) is 0 Å². The van der Waals surface area contributed by atoms with E-state index in [2.05, 4.69) is 28.8 Å². The smallest absolute Gasteiger partial charge is 0.326 e. The van der Waals surface area contributed by atoms with E-state index < -0.39 is 0 Å². The fourth-order valence-electron chi connectivity index (χ4n) is 5.29. The van der Waals surface area contributed by atoms with Gasteiger partial charge in [-0.15, -0.1) is 0 Å². The summed E-state index contributed by atoms with van der Waals surface area (Å²) in [6.45, 7) is 4.76. The summed E-state index contributed by atoms with van der Waals surface area (Å²) in [5, 5.41) is 0. The molecule has 31 heavy (non-hydrogen) atoms. The number of carbonyl (C=O) groups excluding carboxylic acids is 2. The SMILES string of the molecule is COC(=O)CCC1CCC(N2C(=O)N(c3cnc4c(n3)CCN(C)CC4)CC2C)CC1. The average Bonchev–Trinajstić information content (AvgIpc) is 2.95. The second-order valence-electron chi connectivity index (χ2n) is 9.36. The van der Waals surface area contributed by atoms with Crippen molar-refractivity contribution in [1.82, 2.24) is 19.8 Å².